The molecule has 0 atom stereocenters. The van der Waals surface area contributed by atoms with Crippen molar-refractivity contribution in [2.45, 2.75) is 26.4 Å². The summed E-state index contributed by atoms with van der Waals surface area (Å²) in [5.41, 5.74) is 0.907. The van der Waals surface area contributed by atoms with E-state index >= 15 is 0 Å². The molecule has 0 bridgehead atoms. The van der Waals surface area contributed by atoms with Gasteiger partial charge in [0, 0.05) is 12.6 Å². The highest BCUT2D eigenvalue weighted by atomic mass is 35.5. The molecular weight excluding hydrogens is 285 g/mol. The zero-order chi connectivity index (χ0) is 14.4. The van der Waals surface area contributed by atoms with Crippen molar-refractivity contribution < 1.29 is 0 Å². The summed E-state index contributed by atoms with van der Waals surface area (Å²) in [6.07, 6.45) is 0. The van der Waals surface area contributed by atoms with E-state index < -0.39 is 0 Å². The molecule has 0 heterocycles. The summed E-state index contributed by atoms with van der Waals surface area (Å²) in [7, 11) is 0. The highest BCUT2D eigenvalue weighted by Gasteiger charge is 2.03. The largest absolute Gasteiger partial charge is 0.354 e. The average molecular weight is 302 g/mol. The molecule has 7 heteroatoms. The highest BCUT2D eigenvalue weighted by molar-refractivity contribution is 6.42. The zero-order valence-corrected chi connectivity index (χ0v) is 12.3. The van der Waals surface area contributed by atoms with Crippen LogP contribution in [0.3, 0.4) is 0 Å². The number of benzene rings is 1. The van der Waals surface area contributed by atoms with Crippen LogP contribution in [0.2, 0.25) is 10.0 Å². The summed E-state index contributed by atoms with van der Waals surface area (Å²) in [4.78, 5) is 0. The third kappa shape index (κ3) is 5.81. The second-order valence-electron chi connectivity index (χ2n) is 4.28. The maximum Gasteiger partial charge on any atom is 0.195 e. The maximum absolute atomic E-state index is 7.65. The van der Waals surface area contributed by atoms with E-state index in [0.29, 0.717) is 16.6 Å². The predicted octanol–water partition coefficient (Wildman–Crippen LogP) is 2.54. The molecule has 0 amide bonds. The molecule has 0 spiro atoms. The molecule has 0 aromatic heterocycles. The lowest BCUT2D eigenvalue weighted by Gasteiger charge is -2.14. The monoisotopic (exact) mass is 301 g/mol. The van der Waals surface area contributed by atoms with Gasteiger partial charge in [-0.25, -0.2) is 0 Å². The minimum atomic E-state index is 0.0456. The van der Waals surface area contributed by atoms with Gasteiger partial charge in [0.05, 0.1) is 10.0 Å². The van der Waals surface area contributed by atoms with Crippen LogP contribution in [0.4, 0.5) is 0 Å². The van der Waals surface area contributed by atoms with Gasteiger partial charge in [0.25, 0.3) is 0 Å². The summed E-state index contributed by atoms with van der Waals surface area (Å²) >= 11 is 11.7. The van der Waals surface area contributed by atoms with E-state index in [0.717, 1.165) is 5.56 Å². The fraction of sp³-hybridized carbons (Fsp3) is 0.333. The Morgan fingerprint density at radius 3 is 2.42 bits per heavy atom. The van der Waals surface area contributed by atoms with Gasteiger partial charge in [-0.1, -0.05) is 29.3 Å². The van der Waals surface area contributed by atoms with Crippen molar-refractivity contribution in [3.63, 3.8) is 0 Å². The van der Waals surface area contributed by atoms with Crippen molar-refractivity contribution in [2.75, 3.05) is 0 Å². The van der Waals surface area contributed by atoms with Gasteiger partial charge in [0.2, 0.25) is 0 Å². The molecule has 0 fully saturated rings. The Morgan fingerprint density at radius 1 is 1.16 bits per heavy atom. The van der Waals surface area contributed by atoms with Gasteiger partial charge in [-0.3, -0.25) is 16.1 Å². The van der Waals surface area contributed by atoms with E-state index in [1.165, 1.54) is 0 Å². The molecular formula is C12H17Cl2N5. The Kier molecular flexibility index (Phi) is 5.92. The van der Waals surface area contributed by atoms with E-state index in [1.54, 1.807) is 12.1 Å². The standard InChI is InChI=1S/C12H17Cl2N5/c1-7(2)18-12(16)19-11(15)17-6-8-3-4-9(13)10(14)5-8/h3-5,7H,6H2,1-2H3,(H5,15,16,17,18,19). The lowest BCUT2D eigenvalue weighted by atomic mass is 10.2. The van der Waals surface area contributed by atoms with Crippen molar-refractivity contribution in [3.05, 3.63) is 33.8 Å². The minimum absolute atomic E-state index is 0.0456. The summed E-state index contributed by atoms with van der Waals surface area (Å²) < 4.78 is 0. The van der Waals surface area contributed by atoms with Crippen LogP contribution in [-0.2, 0) is 6.54 Å². The van der Waals surface area contributed by atoms with E-state index in [2.05, 4.69) is 16.0 Å². The number of hydrogen-bond acceptors (Lipinski definition) is 2. The number of nitrogens with one attached hydrogen (secondary N) is 5. The molecule has 0 radical (unpaired) electrons. The van der Waals surface area contributed by atoms with Crippen molar-refractivity contribution in [2.24, 2.45) is 0 Å². The Labute approximate surface area is 122 Å². The summed E-state index contributed by atoms with van der Waals surface area (Å²) in [5, 5.41) is 24.5. The molecule has 1 rings (SSSR count). The lowest BCUT2D eigenvalue weighted by Crippen LogP contribution is -2.47. The van der Waals surface area contributed by atoms with Crippen LogP contribution in [-0.4, -0.2) is 18.0 Å². The fourth-order valence-corrected chi connectivity index (χ4v) is 1.65. The van der Waals surface area contributed by atoms with Gasteiger partial charge in [-0.2, -0.15) is 0 Å². The molecule has 0 aliphatic rings. The molecule has 0 saturated carbocycles. The second-order valence-corrected chi connectivity index (χ2v) is 5.09. The average Bonchev–Trinajstić information content (AvgIpc) is 2.29. The number of hydrogen-bond donors (Lipinski definition) is 5. The third-order valence-electron chi connectivity index (χ3n) is 2.14. The normalized spacial score (nSPS) is 10.2. The van der Waals surface area contributed by atoms with Crippen LogP contribution in [0, 0.1) is 10.8 Å². The van der Waals surface area contributed by atoms with Crippen molar-refractivity contribution in [3.8, 4) is 0 Å². The quantitative estimate of drug-likeness (QED) is 0.439. The first-order valence-corrected chi connectivity index (χ1v) is 6.52. The van der Waals surface area contributed by atoms with Gasteiger partial charge in [-0.15, -0.1) is 0 Å². The molecule has 1 aromatic rings. The first kappa shape index (κ1) is 15.6. The molecule has 0 aliphatic heterocycles. The topological polar surface area (TPSA) is 83.8 Å². The summed E-state index contributed by atoms with van der Waals surface area (Å²) in [6.45, 7) is 4.27. The van der Waals surface area contributed by atoms with Crippen LogP contribution in [0.1, 0.15) is 19.4 Å². The molecule has 0 aliphatic carbocycles. The second kappa shape index (κ2) is 7.21. The molecule has 0 saturated heterocycles. The van der Waals surface area contributed by atoms with E-state index in [-0.39, 0.29) is 18.0 Å². The van der Waals surface area contributed by atoms with Gasteiger partial charge in [0.1, 0.15) is 0 Å². The van der Waals surface area contributed by atoms with Crippen LogP contribution in [0.5, 0.6) is 0 Å². The number of rotatable bonds is 3. The minimum Gasteiger partial charge on any atom is -0.354 e. The van der Waals surface area contributed by atoms with Gasteiger partial charge >= 0.3 is 0 Å². The van der Waals surface area contributed by atoms with Crippen molar-refractivity contribution in [1.82, 2.24) is 16.0 Å². The van der Waals surface area contributed by atoms with Gasteiger partial charge < -0.3 is 10.6 Å². The van der Waals surface area contributed by atoms with Crippen molar-refractivity contribution in [1.29, 1.82) is 10.8 Å². The molecule has 19 heavy (non-hydrogen) atoms. The van der Waals surface area contributed by atoms with E-state index in [9.17, 15) is 0 Å². The lowest BCUT2D eigenvalue weighted by molar-refractivity contribution is 0.714. The smallest absolute Gasteiger partial charge is 0.195 e. The Bertz CT molecular complexity index is 473. The molecule has 5 N–H and O–H groups in total. The highest BCUT2D eigenvalue weighted by Crippen LogP contribution is 2.22. The Balaban J connectivity index is 2.41. The van der Waals surface area contributed by atoms with Crippen LogP contribution in [0.25, 0.3) is 0 Å². The van der Waals surface area contributed by atoms with Gasteiger partial charge in [0.15, 0.2) is 11.9 Å². The Morgan fingerprint density at radius 2 is 1.84 bits per heavy atom. The zero-order valence-electron chi connectivity index (χ0n) is 10.8. The summed E-state index contributed by atoms with van der Waals surface area (Å²) in [6, 6.07) is 5.41. The fourth-order valence-electron chi connectivity index (χ4n) is 1.33. The molecule has 0 unspecified atom stereocenters. The summed E-state index contributed by atoms with van der Waals surface area (Å²) in [5.74, 6) is 0.130. The van der Waals surface area contributed by atoms with Crippen molar-refractivity contribution >= 4 is 35.1 Å². The number of halogens is 2. The first-order chi connectivity index (χ1) is 8.88. The predicted molar refractivity (Wildman–Crippen MR) is 80.2 cm³/mol. The number of guanidine groups is 2. The van der Waals surface area contributed by atoms with Crippen LogP contribution >= 0.6 is 23.2 Å². The molecule has 104 valence electrons. The van der Waals surface area contributed by atoms with Crippen LogP contribution in [0.15, 0.2) is 18.2 Å². The van der Waals surface area contributed by atoms with E-state index in [1.807, 2.05) is 19.9 Å². The molecule has 5 nitrogen and oxygen atoms in total. The van der Waals surface area contributed by atoms with Gasteiger partial charge in [-0.05, 0) is 31.5 Å². The first-order valence-electron chi connectivity index (χ1n) is 5.77. The maximum atomic E-state index is 7.65. The third-order valence-corrected chi connectivity index (χ3v) is 2.88. The SMILES string of the molecule is CC(C)NC(=N)NC(=N)NCc1ccc(Cl)c(Cl)c1. The van der Waals surface area contributed by atoms with E-state index in [4.69, 9.17) is 34.0 Å². The molecule has 1 aromatic carbocycles. The Hall–Kier alpha value is -1.46. The van der Waals surface area contributed by atoms with Crippen LogP contribution < -0.4 is 16.0 Å².